The maximum absolute atomic E-state index is 11.6. The van der Waals surface area contributed by atoms with E-state index in [4.69, 9.17) is 4.98 Å². The van der Waals surface area contributed by atoms with Crippen molar-refractivity contribution in [2.75, 3.05) is 37.3 Å². The van der Waals surface area contributed by atoms with E-state index in [-0.39, 0.29) is 0 Å². The second-order valence-corrected chi connectivity index (χ2v) is 8.31. The Kier molecular flexibility index (Phi) is 3.97. The first-order chi connectivity index (χ1) is 12.0. The van der Waals surface area contributed by atoms with E-state index in [2.05, 4.69) is 21.3 Å². The van der Waals surface area contributed by atoms with Crippen molar-refractivity contribution < 1.29 is 8.42 Å². The van der Waals surface area contributed by atoms with Gasteiger partial charge in [-0.05, 0) is 36.4 Å². The van der Waals surface area contributed by atoms with Crippen molar-refractivity contribution in [3.63, 3.8) is 0 Å². The number of imidazole rings is 1. The summed E-state index contributed by atoms with van der Waals surface area (Å²) in [5.41, 5.74) is 3.94. The molecule has 2 N–H and O–H groups in total. The number of hydrogen-bond donors (Lipinski definition) is 2. The van der Waals surface area contributed by atoms with Crippen molar-refractivity contribution in [1.29, 1.82) is 0 Å². The minimum Gasteiger partial charge on any atom is -0.367 e. The fourth-order valence-electron chi connectivity index (χ4n) is 3.17. The third-order valence-corrected chi connectivity index (χ3v) is 5.63. The van der Waals surface area contributed by atoms with Gasteiger partial charge in [0.25, 0.3) is 0 Å². The molecule has 0 radical (unpaired) electrons. The van der Waals surface area contributed by atoms with Crippen LogP contribution in [0.5, 0.6) is 0 Å². The summed E-state index contributed by atoms with van der Waals surface area (Å²) < 4.78 is 23.2. The lowest BCUT2D eigenvalue weighted by molar-refractivity contribution is 0.590. The molecule has 2 aromatic carbocycles. The molecule has 0 saturated carbocycles. The molecular formula is C18H20N4O2S. The van der Waals surface area contributed by atoms with Crippen LogP contribution in [-0.2, 0) is 9.84 Å². The zero-order chi connectivity index (χ0) is 17.4. The second-order valence-electron chi connectivity index (χ2n) is 6.29. The Morgan fingerprint density at radius 1 is 1.04 bits per heavy atom. The maximum atomic E-state index is 11.6. The summed E-state index contributed by atoms with van der Waals surface area (Å²) in [5, 5.41) is 3.36. The van der Waals surface area contributed by atoms with Crippen LogP contribution in [0.25, 0.3) is 22.4 Å². The van der Waals surface area contributed by atoms with E-state index < -0.39 is 9.84 Å². The maximum Gasteiger partial charge on any atom is 0.175 e. The number of aromatic amines is 1. The van der Waals surface area contributed by atoms with Gasteiger partial charge in [-0.25, -0.2) is 13.4 Å². The molecule has 6 nitrogen and oxygen atoms in total. The molecule has 0 atom stereocenters. The third kappa shape index (κ3) is 3.12. The lowest BCUT2D eigenvalue weighted by atomic mass is 10.2. The molecule has 1 fully saturated rings. The van der Waals surface area contributed by atoms with Crippen LogP contribution in [0.15, 0.2) is 47.4 Å². The van der Waals surface area contributed by atoms with Crippen LogP contribution in [0.3, 0.4) is 0 Å². The smallest absolute Gasteiger partial charge is 0.175 e. The van der Waals surface area contributed by atoms with Gasteiger partial charge in [-0.15, -0.1) is 0 Å². The van der Waals surface area contributed by atoms with Gasteiger partial charge in [0.05, 0.1) is 16.1 Å². The Hall–Kier alpha value is -2.38. The number of piperazine rings is 1. The van der Waals surface area contributed by atoms with Crippen LogP contribution in [0.2, 0.25) is 0 Å². The van der Waals surface area contributed by atoms with Gasteiger partial charge in [-0.1, -0.05) is 6.07 Å². The lowest BCUT2D eigenvalue weighted by Gasteiger charge is -2.29. The van der Waals surface area contributed by atoms with Gasteiger partial charge in [-0.3, -0.25) is 0 Å². The van der Waals surface area contributed by atoms with Crippen LogP contribution in [0, 0.1) is 0 Å². The van der Waals surface area contributed by atoms with Gasteiger partial charge in [0.1, 0.15) is 11.3 Å². The Labute approximate surface area is 146 Å². The largest absolute Gasteiger partial charge is 0.367 e. The molecule has 130 valence electrons. The number of aromatic nitrogens is 2. The molecule has 4 rings (SSSR count). The summed E-state index contributed by atoms with van der Waals surface area (Å²) >= 11 is 0. The number of H-pyrrole nitrogens is 1. The second kappa shape index (κ2) is 6.16. The summed E-state index contributed by atoms with van der Waals surface area (Å²) in [5.74, 6) is 0.748. The molecule has 2 heterocycles. The fraction of sp³-hybridized carbons (Fsp3) is 0.278. The van der Waals surface area contributed by atoms with Gasteiger partial charge in [-0.2, -0.15) is 0 Å². The Morgan fingerprint density at radius 2 is 1.76 bits per heavy atom. The number of anilines is 1. The van der Waals surface area contributed by atoms with Gasteiger partial charge in [0, 0.05) is 38.0 Å². The molecule has 0 aliphatic carbocycles. The molecule has 0 amide bonds. The molecular weight excluding hydrogens is 336 g/mol. The average Bonchev–Trinajstić information content (AvgIpc) is 3.06. The highest BCUT2D eigenvalue weighted by Gasteiger charge is 2.16. The number of sulfone groups is 1. The Balaban J connectivity index is 1.74. The summed E-state index contributed by atoms with van der Waals surface area (Å²) in [6, 6.07) is 13.0. The molecule has 3 aromatic rings. The minimum atomic E-state index is -3.19. The first kappa shape index (κ1) is 16.1. The van der Waals surface area contributed by atoms with E-state index in [0.29, 0.717) is 4.90 Å². The highest BCUT2D eigenvalue weighted by molar-refractivity contribution is 7.90. The van der Waals surface area contributed by atoms with Crippen molar-refractivity contribution in [3.8, 4) is 11.4 Å². The number of para-hydroxylation sites is 1. The predicted molar refractivity (Wildman–Crippen MR) is 99.7 cm³/mol. The van der Waals surface area contributed by atoms with Crippen molar-refractivity contribution in [2.45, 2.75) is 4.90 Å². The quantitative estimate of drug-likeness (QED) is 0.751. The van der Waals surface area contributed by atoms with Gasteiger partial charge < -0.3 is 15.2 Å². The molecule has 0 spiro atoms. The molecule has 0 unspecified atom stereocenters. The first-order valence-corrected chi connectivity index (χ1v) is 10.2. The molecule has 0 bridgehead atoms. The number of benzene rings is 2. The van der Waals surface area contributed by atoms with Crippen molar-refractivity contribution in [3.05, 3.63) is 42.5 Å². The number of hydrogen-bond acceptors (Lipinski definition) is 5. The van der Waals surface area contributed by atoms with E-state index in [1.807, 2.05) is 12.1 Å². The molecule has 7 heteroatoms. The van der Waals surface area contributed by atoms with E-state index in [1.54, 1.807) is 24.3 Å². The topological polar surface area (TPSA) is 78.1 Å². The predicted octanol–water partition coefficient (Wildman–Crippen LogP) is 2.04. The SMILES string of the molecule is CS(=O)(=O)c1ccc(-c2nc3c(N4CCNCC4)cccc3[nH]2)cc1. The first-order valence-electron chi connectivity index (χ1n) is 8.27. The lowest BCUT2D eigenvalue weighted by Crippen LogP contribution is -2.43. The molecule has 1 saturated heterocycles. The Morgan fingerprint density at radius 3 is 2.44 bits per heavy atom. The number of fused-ring (bicyclic) bond motifs is 1. The number of nitrogens with zero attached hydrogens (tertiary/aromatic N) is 2. The number of rotatable bonds is 3. The van der Waals surface area contributed by atoms with Crippen LogP contribution in [-0.4, -0.2) is 50.8 Å². The highest BCUT2D eigenvalue weighted by Crippen LogP contribution is 2.29. The standard InChI is InChI=1S/C18H20N4O2S/c1-25(23,24)14-7-5-13(6-8-14)18-20-15-3-2-4-16(17(15)21-18)22-11-9-19-10-12-22/h2-8,19H,9-12H2,1H3,(H,20,21). The van der Waals surface area contributed by atoms with Gasteiger partial charge in [0.2, 0.25) is 0 Å². The van der Waals surface area contributed by atoms with Gasteiger partial charge in [0.15, 0.2) is 9.84 Å². The Bertz CT molecular complexity index is 1000. The summed E-state index contributed by atoms with van der Waals surface area (Å²) in [6.45, 7) is 3.87. The van der Waals surface area contributed by atoms with Gasteiger partial charge >= 0.3 is 0 Å². The van der Waals surface area contributed by atoms with E-state index in [9.17, 15) is 8.42 Å². The minimum absolute atomic E-state index is 0.314. The molecule has 25 heavy (non-hydrogen) atoms. The third-order valence-electron chi connectivity index (χ3n) is 4.50. The van der Waals surface area contributed by atoms with Crippen LogP contribution in [0.4, 0.5) is 5.69 Å². The molecule has 1 aliphatic rings. The zero-order valence-electron chi connectivity index (χ0n) is 14.0. The highest BCUT2D eigenvalue weighted by atomic mass is 32.2. The molecule has 1 aromatic heterocycles. The number of nitrogens with one attached hydrogen (secondary N) is 2. The van der Waals surface area contributed by atoms with E-state index in [0.717, 1.165) is 54.3 Å². The van der Waals surface area contributed by atoms with Crippen LogP contribution in [0.1, 0.15) is 0 Å². The normalized spacial score (nSPS) is 15.6. The zero-order valence-corrected chi connectivity index (χ0v) is 14.8. The summed E-state index contributed by atoms with van der Waals surface area (Å²) in [6.07, 6.45) is 1.21. The monoisotopic (exact) mass is 356 g/mol. The van der Waals surface area contributed by atoms with Crippen molar-refractivity contribution in [1.82, 2.24) is 15.3 Å². The van der Waals surface area contributed by atoms with Crippen LogP contribution < -0.4 is 10.2 Å². The van der Waals surface area contributed by atoms with Crippen molar-refractivity contribution in [2.24, 2.45) is 0 Å². The van der Waals surface area contributed by atoms with Crippen molar-refractivity contribution >= 4 is 26.6 Å². The van der Waals surface area contributed by atoms with Crippen LogP contribution >= 0.6 is 0 Å². The fourth-order valence-corrected chi connectivity index (χ4v) is 3.81. The summed E-state index contributed by atoms with van der Waals surface area (Å²) in [7, 11) is -3.19. The average molecular weight is 356 g/mol. The molecule has 1 aliphatic heterocycles. The van der Waals surface area contributed by atoms with E-state index in [1.165, 1.54) is 6.26 Å². The van der Waals surface area contributed by atoms with E-state index >= 15 is 0 Å². The summed E-state index contributed by atoms with van der Waals surface area (Å²) in [4.78, 5) is 10.8.